The summed E-state index contributed by atoms with van der Waals surface area (Å²) in [5.41, 5.74) is 1.69. The van der Waals surface area contributed by atoms with Crippen molar-refractivity contribution in [2.75, 3.05) is 44.3 Å². The molecule has 0 saturated carbocycles. The van der Waals surface area contributed by atoms with E-state index in [4.69, 9.17) is 14.5 Å². The highest BCUT2D eigenvalue weighted by Gasteiger charge is 2.24. The van der Waals surface area contributed by atoms with Gasteiger partial charge in [0.25, 0.3) is 5.91 Å². The predicted molar refractivity (Wildman–Crippen MR) is 117 cm³/mol. The van der Waals surface area contributed by atoms with Gasteiger partial charge in [-0.25, -0.2) is 4.98 Å². The molecule has 152 valence electrons. The van der Waals surface area contributed by atoms with Crippen molar-refractivity contribution < 1.29 is 14.3 Å². The Hall–Kier alpha value is -2.80. The Balaban J connectivity index is 1.39. The van der Waals surface area contributed by atoms with Gasteiger partial charge in [0.05, 0.1) is 23.4 Å². The first-order valence-electron chi connectivity index (χ1n) is 9.98. The number of carbonyl (C=O) groups excluding carboxylic acids is 1. The van der Waals surface area contributed by atoms with Crippen molar-refractivity contribution in [2.24, 2.45) is 0 Å². The van der Waals surface area contributed by atoms with Gasteiger partial charge in [-0.1, -0.05) is 11.3 Å². The van der Waals surface area contributed by atoms with Crippen molar-refractivity contribution in [3.8, 4) is 11.5 Å². The number of anilines is 1. The molecule has 1 aromatic heterocycles. The van der Waals surface area contributed by atoms with Crippen LogP contribution in [0.25, 0.3) is 10.2 Å². The minimum atomic E-state index is 0.0679. The van der Waals surface area contributed by atoms with E-state index in [0.29, 0.717) is 31.9 Å². The summed E-state index contributed by atoms with van der Waals surface area (Å²) in [5, 5.41) is 1.00. The second-order valence-corrected chi connectivity index (χ2v) is 7.80. The van der Waals surface area contributed by atoms with Crippen LogP contribution in [0.2, 0.25) is 0 Å². The number of benzene rings is 2. The van der Waals surface area contributed by atoms with E-state index in [9.17, 15) is 4.79 Å². The molecule has 0 aliphatic carbocycles. The number of piperazine rings is 1. The number of nitrogens with zero attached hydrogens (tertiary/aromatic N) is 3. The molecular formula is C22H25N3O3S. The Bertz CT molecular complexity index is 979. The zero-order chi connectivity index (χ0) is 20.2. The van der Waals surface area contributed by atoms with Crippen molar-refractivity contribution in [1.82, 2.24) is 9.88 Å². The van der Waals surface area contributed by atoms with Gasteiger partial charge in [0.2, 0.25) is 0 Å². The van der Waals surface area contributed by atoms with Gasteiger partial charge in [-0.15, -0.1) is 0 Å². The SMILES string of the molecule is CCOc1ccc(C(=O)N2CCN(c3nc4ccc(OCC)cc4s3)CC2)cc1. The van der Waals surface area contributed by atoms with Crippen LogP contribution in [-0.2, 0) is 0 Å². The monoisotopic (exact) mass is 411 g/mol. The van der Waals surface area contributed by atoms with Crippen LogP contribution in [0.5, 0.6) is 11.5 Å². The third-order valence-electron chi connectivity index (χ3n) is 4.91. The normalized spacial score (nSPS) is 14.3. The highest BCUT2D eigenvalue weighted by Crippen LogP contribution is 2.32. The van der Waals surface area contributed by atoms with Crippen molar-refractivity contribution in [3.05, 3.63) is 48.0 Å². The molecule has 0 spiro atoms. The number of rotatable bonds is 6. The van der Waals surface area contributed by atoms with Crippen LogP contribution >= 0.6 is 11.3 Å². The molecule has 1 aliphatic rings. The second kappa shape index (κ2) is 8.69. The lowest BCUT2D eigenvalue weighted by Gasteiger charge is -2.34. The predicted octanol–water partition coefficient (Wildman–Crippen LogP) is 4.06. The van der Waals surface area contributed by atoms with E-state index in [2.05, 4.69) is 4.90 Å². The maximum Gasteiger partial charge on any atom is 0.253 e. The molecule has 0 N–H and O–H groups in total. The number of aromatic nitrogens is 1. The van der Waals surface area contributed by atoms with Gasteiger partial charge in [0, 0.05) is 31.7 Å². The Kier molecular flexibility index (Phi) is 5.85. The molecule has 1 saturated heterocycles. The summed E-state index contributed by atoms with van der Waals surface area (Å²) >= 11 is 1.67. The van der Waals surface area contributed by atoms with E-state index in [1.807, 2.05) is 61.2 Å². The quantitative estimate of drug-likeness (QED) is 0.612. The molecule has 1 aliphatic heterocycles. The third kappa shape index (κ3) is 4.29. The van der Waals surface area contributed by atoms with Crippen molar-refractivity contribution >= 4 is 32.6 Å². The number of ether oxygens (including phenoxy) is 2. The number of carbonyl (C=O) groups is 1. The second-order valence-electron chi connectivity index (χ2n) is 6.80. The zero-order valence-corrected chi connectivity index (χ0v) is 17.6. The van der Waals surface area contributed by atoms with Crippen LogP contribution in [-0.4, -0.2) is 55.2 Å². The molecule has 7 heteroatoms. The third-order valence-corrected chi connectivity index (χ3v) is 5.99. The average molecular weight is 412 g/mol. The molecule has 29 heavy (non-hydrogen) atoms. The molecular weight excluding hydrogens is 386 g/mol. The summed E-state index contributed by atoms with van der Waals surface area (Å²) in [6, 6.07) is 13.4. The molecule has 6 nitrogen and oxygen atoms in total. The summed E-state index contributed by atoms with van der Waals surface area (Å²) in [7, 11) is 0. The van der Waals surface area contributed by atoms with E-state index in [1.165, 1.54) is 0 Å². The molecule has 1 fully saturated rings. The van der Waals surface area contributed by atoms with Crippen molar-refractivity contribution in [1.29, 1.82) is 0 Å². The van der Waals surface area contributed by atoms with E-state index in [1.54, 1.807) is 11.3 Å². The van der Waals surface area contributed by atoms with Gasteiger partial charge >= 0.3 is 0 Å². The first-order chi connectivity index (χ1) is 14.2. The van der Waals surface area contributed by atoms with Gasteiger partial charge in [0.1, 0.15) is 11.5 Å². The Labute approximate surface area is 174 Å². The van der Waals surface area contributed by atoms with Gasteiger partial charge < -0.3 is 19.3 Å². The lowest BCUT2D eigenvalue weighted by Crippen LogP contribution is -2.48. The fraction of sp³-hybridized carbons (Fsp3) is 0.364. The molecule has 4 rings (SSSR count). The molecule has 2 aromatic carbocycles. The smallest absolute Gasteiger partial charge is 0.253 e. The van der Waals surface area contributed by atoms with Crippen molar-refractivity contribution in [2.45, 2.75) is 13.8 Å². The molecule has 0 radical (unpaired) electrons. The van der Waals surface area contributed by atoms with Crippen LogP contribution in [0.4, 0.5) is 5.13 Å². The van der Waals surface area contributed by atoms with Gasteiger partial charge in [-0.2, -0.15) is 0 Å². The molecule has 0 bridgehead atoms. The number of hydrogen-bond acceptors (Lipinski definition) is 6. The molecule has 0 atom stereocenters. The molecule has 2 heterocycles. The maximum atomic E-state index is 12.8. The van der Waals surface area contributed by atoms with Gasteiger partial charge in [0.15, 0.2) is 5.13 Å². The first-order valence-corrected chi connectivity index (χ1v) is 10.8. The summed E-state index contributed by atoms with van der Waals surface area (Å²) in [6.45, 7) is 8.13. The summed E-state index contributed by atoms with van der Waals surface area (Å²) < 4.78 is 12.2. The van der Waals surface area contributed by atoms with Gasteiger partial charge in [-0.05, 0) is 56.3 Å². The van der Waals surface area contributed by atoms with Crippen LogP contribution in [0.3, 0.4) is 0 Å². The fourth-order valence-corrected chi connectivity index (χ4v) is 4.47. The summed E-state index contributed by atoms with van der Waals surface area (Å²) in [4.78, 5) is 21.7. The lowest BCUT2D eigenvalue weighted by molar-refractivity contribution is 0.0746. The number of fused-ring (bicyclic) bond motifs is 1. The van der Waals surface area contributed by atoms with E-state index >= 15 is 0 Å². The molecule has 1 amide bonds. The highest BCUT2D eigenvalue weighted by molar-refractivity contribution is 7.22. The lowest BCUT2D eigenvalue weighted by atomic mass is 10.1. The minimum absolute atomic E-state index is 0.0679. The summed E-state index contributed by atoms with van der Waals surface area (Å²) in [5.74, 6) is 1.73. The summed E-state index contributed by atoms with van der Waals surface area (Å²) in [6.07, 6.45) is 0. The Morgan fingerprint density at radius 3 is 2.31 bits per heavy atom. The number of thiazole rings is 1. The fourth-order valence-electron chi connectivity index (χ4n) is 3.43. The zero-order valence-electron chi connectivity index (χ0n) is 16.8. The van der Waals surface area contributed by atoms with Crippen LogP contribution in [0, 0.1) is 0 Å². The maximum absolute atomic E-state index is 12.8. The largest absolute Gasteiger partial charge is 0.494 e. The van der Waals surface area contributed by atoms with Gasteiger partial charge in [-0.3, -0.25) is 4.79 Å². The molecule has 0 unspecified atom stereocenters. The van der Waals surface area contributed by atoms with Crippen molar-refractivity contribution in [3.63, 3.8) is 0 Å². The van der Waals surface area contributed by atoms with E-state index in [0.717, 1.165) is 39.9 Å². The topological polar surface area (TPSA) is 54.9 Å². The van der Waals surface area contributed by atoms with E-state index in [-0.39, 0.29) is 5.91 Å². The average Bonchev–Trinajstić information content (AvgIpc) is 3.18. The van der Waals surface area contributed by atoms with E-state index < -0.39 is 0 Å². The van der Waals surface area contributed by atoms with Crippen LogP contribution in [0.15, 0.2) is 42.5 Å². The first kappa shape index (κ1) is 19.5. The molecule has 3 aromatic rings. The number of hydrogen-bond donors (Lipinski definition) is 0. The number of amides is 1. The minimum Gasteiger partial charge on any atom is -0.494 e. The van der Waals surface area contributed by atoms with Crippen LogP contribution in [0.1, 0.15) is 24.2 Å². The highest BCUT2D eigenvalue weighted by atomic mass is 32.1. The Morgan fingerprint density at radius 1 is 0.966 bits per heavy atom. The standard InChI is InChI=1S/C22H25N3O3S/c1-3-27-17-7-5-16(6-8-17)21(26)24-11-13-25(14-12-24)22-23-19-10-9-18(28-4-2)15-20(19)29-22/h5-10,15H,3-4,11-14H2,1-2H3. The Morgan fingerprint density at radius 2 is 1.62 bits per heavy atom. The van der Waals surface area contributed by atoms with Crippen LogP contribution < -0.4 is 14.4 Å².